The Morgan fingerprint density at radius 2 is 2.31 bits per heavy atom. The minimum atomic E-state index is 0.217. The maximum Gasteiger partial charge on any atom is 0.219 e. The van der Waals surface area contributed by atoms with Crippen LogP contribution in [0.5, 0.6) is 0 Å². The van der Waals surface area contributed by atoms with E-state index >= 15 is 0 Å². The third kappa shape index (κ3) is 2.95. The maximum atomic E-state index is 11.5. The van der Waals surface area contributed by atoms with E-state index in [1.54, 1.807) is 6.92 Å². The summed E-state index contributed by atoms with van der Waals surface area (Å²) in [5.41, 5.74) is 0. The predicted molar refractivity (Wildman–Crippen MR) is 62.3 cm³/mol. The van der Waals surface area contributed by atoms with Crippen LogP contribution in [0.25, 0.3) is 0 Å². The standard InChI is InChI=1S/C12H22N2O2/c1-10(15)14-6-3-2-4-12(14)8-13-11-5-7-16-9-11/h11-13H,2-9H2,1H3. The van der Waals surface area contributed by atoms with E-state index in [4.69, 9.17) is 4.74 Å². The second-order valence-corrected chi connectivity index (χ2v) is 4.83. The van der Waals surface area contributed by atoms with Crippen molar-refractivity contribution in [1.82, 2.24) is 10.2 Å². The van der Waals surface area contributed by atoms with Crippen LogP contribution in [0.1, 0.15) is 32.6 Å². The third-order valence-corrected chi connectivity index (χ3v) is 3.60. The van der Waals surface area contributed by atoms with Gasteiger partial charge in [0.2, 0.25) is 5.91 Å². The van der Waals surface area contributed by atoms with E-state index in [1.165, 1.54) is 6.42 Å². The summed E-state index contributed by atoms with van der Waals surface area (Å²) in [7, 11) is 0. The Morgan fingerprint density at radius 1 is 1.44 bits per heavy atom. The number of nitrogens with one attached hydrogen (secondary N) is 1. The van der Waals surface area contributed by atoms with Gasteiger partial charge in [0.25, 0.3) is 0 Å². The van der Waals surface area contributed by atoms with Crippen LogP contribution in [0, 0.1) is 0 Å². The van der Waals surface area contributed by atoms with Crippen molar-refractivity contribution in [3.63, 3.8) is 0 Å². The minimum Gasteiger partial charge on any atom is -0.380 e. The molecule has 0 aromatic carbocycles. The second-order valence-electron chi connectivity index (χ2n) is 4.83. The second kappa shape index (κ2) is 5.64. The van der Waals surface area contributed by atoms with Gasteiger partial charge >= 0.3 is 0 Å². The number of nitrogens with zero attached hydrogens (tertiary/aromatic N) is 1. The van der Waals surface area contributed by atoms with Gasteiger partial charge in [-0.15, -0.1) is 0 Å². The van der Waals surface area contributed by atoms with Gasteiger partial charge in [0.05, 0.1) is 6.61 Å². The van der Waals surface area contributed by atoms with E-state index in [-0.39, 0.29) is 5.91 Å². The zero-order chi connectivity index (χ0) is 11.4. The van der Waals surface area contributed by atoms with Gasteiger partial charge in [0.1, 0.15) is 0 Å². The molecule has 2 rings (SSSR count). The molecule has 0 aromatic heterocycles. The smallest absolute Gasteiger partial charge is 0.219 e. The summed E-state index contributed by atoms with van der Waals surface area (Å²) >= 11 is 0. The number of hydrogen-bond acceptors (Lipinski definition) is 3. The average Bonchev–Trinajstić information content (AvgIpc) is 2.79. The van der Waals surface area contributed by atoms with Gasteiger partial charge < -0.3 is 15.0 Å². The van der Waals surface area contributed by atoms with Crippen LogP contribution in [0.3, 0.4) is 0 Å². The number of carbonyl (C=O) groups is 1. The molecule has 2 fully saturated rings. The molecular formula is C12H22N2O2. The molecule has 2 saturated heterocycles. The molecule has 2 aliphatic heterocycles. The fourth-order valence-corrected chi connectivity index (χ4v) is 2.63. The molecule has 0 radical (unpaired) electrons. The van der Waals surface area contributed by atoms with Crippen molar-refractivity contribution in [2.45, 2.75) is 44.7 Å². The van der Waals surface area contributed by atoms with E-state index in [1.807, 2.05) is 4.90 Å². The highest BCUT2D eigenvalue weighted by Crippen LogP contribution is 2.17. The van der Waals surface area contributed by atoms with Gasteiger partial charge in [-0.3, -0.25) is 4.79 Å². The lowest BCUT2D eigenvalue weighted by Crippen LogP contribution is -2.49. The Bertz CT molecular complexity index is 239. The summed E-state index contributed by atoms with van der Waals surface area (Å²) in [4.78, 5) is 13.5. The van der Waals surface area contributed by atoms with E-state index in [0.29, 0.717) is 12.1 Å². The molecule has 2 unspecified atom stereocenters. The van der Waals surface area contributed by atoms with Gasteiger partial charge in [-0.25, -0.2) is 0 Å². The lowest BCUT2D eigenvalue weighted by atomic mass is 10.0. The first-order chi connectivity index (χ1) is 7.77. The van der Waals surface area contributed by atoms with Crippen LogP contribution in [-0.4, -0.2) is 49.2 Å². The van der Waals surface area contributed by atoms with Crippen molar-refractivity contribution in [2.24, 2.45) is 0 Å². The van der Waals surface area contributed by atoms with Crippen molar-refractivity contribution in [3.8, 4) is 0 Å². The highest BCUT2D eigenvalue weighted by atomic mass is 16.5. The van der Waals surface area contributed by atoms with Gasteiger partial charge in [-0.05, 0) is 25.7 Å². The van der Waals surface area contributed by atoms with E-state index in [0.717, 1.165) is 45.6 Å². The topological polar surface area (TPSA) is 41.6 Å². The van der Waals surface area contributed by atoms with E-state index < -0.39 is 0 Å². The first-order valence-electron chi connectivity index (χ1n) is 6.35. The molecule has 2 atom stereocenters. The molecule has 92 valence electrons. The Kier molecular flexibility index (Phi) is 4.18. The Hall–Kier alpha value is -0.610. The molecule has 16 heavy (non-hydrogen) atoms. The van der Waals surface area contributed by atoms with Crippen LogP contribution < -0.4 is 5.32 Å². The molecule has 0 saturated carbocycles. The highest BCUT2D eigenvalue weighted by molar-refractivity contribution is 5.73. The lowest BCUT2D eigenvalue weighted by molar-refractivity contribution is -0.132. The van der Waals surface area contributed by atoms with Crippen molar-refractivity contribution in [3.05, 3.63) is 0 Å². The Labute approximate surface area is 97.3 Å². The molecule has 0 bridgehead atoms. The number of likely N-dealkylation sites (tertiary alicyclic amines) is 1. The molecule has 2 aliphatic rings. The Balaban J connectivity index is 1.78. The molecule has 4 nitrogen and oxygen atoms in total. The molecule has 2 heterocycles. The number of hydrogen-bond donors (Lipinski definition) is 1. The van der Waals surface area contributed by atoms with E-state index in [2.05, 4.69) is 5.32 Å². The summed E-state index contributed by atoms with van der Waals surface area (Å²) < 4.78 is 5.33. The van der Waals surface area contributed by atoms with Crippen LogP contribution in [0.2, 0.25) is 0 Å². The number of piperidine rings is 1. The quantitative estimate of drug-likeness (QED) is 0.772. The number of rotatable bonds is 3. The largest absolute Gasteiger partial charge is 0.380 e. The first kappa shape index (κ1) is 11.9. The van der Waals surface area contributed by atoms with Crippen molar-refractivity contribution < 1.29 is 9.53 Å². The maximum absolute atomic E-state index is 11.5. The van der Waals surface area contributed by atoms with Gasteiger partial charge in [-0.1, -0.05) is 0 Å². The Morgan fingerprint density at radius 3 is 3.00 bits per heavy atom. The fourth-order valence-electron chi connectivity index (χ4n) is 2.63. The number of amides is 1. The van der Waals surface area contributed by atoms with Crippen LogP contribution in [-0.2, 0) is 9.53 Å². The van der Waals surface area contributed by atoms with Gasteiger partial charge in [0.15, 0.2) is 0 Å². The first-order valence-corrected chi connectivity index (χ1v) is 6.35. The van der Waals surface area contributed by atoms with Gasteiger partial charge in [-0.2, -0.15) is 0 Å². The van der Waals surface area contributed by atoms with Gasteiger partial charge in [0, 0.05) is 38.7 Å². The zero-order valence-corrected chi connectivity index (χ0v) is 10.1. The van der Waals surface area contributed by atoms with Crippen LogP contribution in [0.4, 0.5) is 0 Å². The van der Waals surface area contributed by atoms with Crippen LogP contribution >= 0.6 is 0 Å². The third-order valence-electron chi connectivity index (χ3n) is 3.60. The number of carbonyl (C=O) groups excluding carboxylic acids is 1. The molecule has 0 aromatic rings. The van der Waals surface area contributed by atoms with Crippen molar-refractivity contribution in [2.75, 3.05) is 26.3 Å². The monoisotopic (exact) mass is 226 g/mol. The summed E-state index contributed by atoms with van der Waals surface area (Å²) in [6.45, 7) is 5.24. The molecule has 0 aliphatic carbocycles. The molecule has 4 heteroatoms. The molecule has 0 spiro atoms. The van der Waals surface area contributed by atoms with Crippen molar-refractivity contribution in [1.29, 1.82) is 0 Å². The molecule has 1 amide bonds. The zero-order valence-electron chi connectivity index (χ0n) is 10.1. The summed E-state index contributed by atoms with van der Waals surface area (Å²) in [6.07, 6.45) is 4.65. The predicted octanol–water partition coefficient (Wildman–Crippen LogP) is 0.766. The van der Waals surface area contributed by atoms with E-state index in [9.17, 15) is 4.79 Å². The average molecular weight is 226 g/mol. The number of ether oxygens (including phenoxy) is 1. The summed E-state index contributed by atoms with van der Waals surface area (Å²) in [6, 6.07) is 0.891. The summed E-state index contributed by atoms with van der Waals surface area (Å²) in [5, 5.41) is 3.52. The van der Waals surface area contributed by atoms with Crippen molar-refractivity contribution >= 4 is 5.91 Å². The lowest BCUT2D eigenvalue weighted by Gasteiger charge is -2.35. The molecular weight excluding hydrogens is 204 g/mol. The molecule has 1 N–H and O–H groups in total. The SMILES string of the molecule is CC(=O)N1CCCCC1CNC1CCOC1. The highest BCUT2D eigenvalue weighted by Gasteiger charge is 2.25. The van der Waals surface area contributed by atoms with Crippen LogP contribution in [0.15, 0.2) is 0 Å². The summed E-state index contributed by atoms with van der Waals surface area (Å²) in [5.74, 6) is 0.217. The normalized spacial score (nSPS) is 30.7. The fraction of sp³-hybridized carbons (Fsp3) is 0.917. The minimum absolute atomic E-state index is 0.217.